The third kappa shape index (κ3) is 3.70. The average Bonchev–Trinajstić information content (AvgIpc) is 3.00. The third-order valence-electron chi connectivity index (χ3n) is 4.45. The van der Waals surface area contributed by atoms with E-state index in [-0.39, 0.29) is 11.8 Å². The zero-order valence-electron chi connectivity index (χ0n) is 13.2. The van der Waals surface area contributed by atoms with Crippen molar-refractivity contribution < 1.29 is 9.21 Å². The van der Waals surface area contributed by atoms with Gasteiger partial charge in [-0.1, -0.05) is 24.3 Å². The fourth-order valence-electron chi connectivity index (χ4n) is 3.11. The summed E-state index contributed by atoms with van der Waals surface area (Å²) in [5.41, 5.74) is 2.43. The Hall–Kier alpha value is -2.37. The van der Waals surface area contributed by atoms with Crippen LogP contribution in [0.1, 0.15) is 42.2 Å². The molecule has 1 amide bonds. The van der Waals surface area contributed by atoms with E-state index in [0.717, 1.165) is 25.8 Å². The number of nitrogens with one attached hydrogen (secondary N) is 1. The number of amides is 1. The van der Waals surface area contributed by atoms with Crippen LogP contribution in [0, 0.1) is 6.92 Å². The van der Waals surface area contributed by atoms with Crippen molar-refractivity contribution in [2.45, 2.75) is 38.5 Å². The van der Waals surface area contributed by atoms with Crippen molar-refractivity contribution in [1.29, 1.82) is 0 Å². The van der Waals surface area contributed by atoms with Crippen LogP contribution in [0.15, 0.2) is 33.5 Å². The lowest BCUT2D eigenvalue weighted by molar-refractivity contribution is -0.132. The number of likely N-dealkylation sites (tertiary alicyclic amines) is 1. The number of aromatic amines is 1. The maximum Gasteiger partial charge on any atom is 0.434 e. The van der Waals surface area contributed by atoms with Crippen LogP contribution in [0.4, 0.5) is 0 Å². The Bertz CT molecular complexity index is 734. The van der Waals surface area contributed by atoms with Crippen molar-refractivity contribution in [2.75, 3.05) is 13.1 Å². The van der Waals surface area contributed by atoms with E-state index in [1.165, 1.54) is 11.1 Å². The largest absolute Gasteiger partial charge is 0.434 e. The van der Waals surface area contributed by atoms with Crippen LogP contribution < -0.4 is 5.76 Å². The van der Waals surface area contributed by atoms with Crippen LogP contribution in [0.2, 0.25) is 0 Å². The van der Waals surface area contributed by atoms with Crippen LogP contribution >= 0.6 is 0 Å². The summed E-state index contributed by atoms with van der Waals surface area (Å²) >= 11 is 0. The summed E-state index contributed by atoms with van der Waals surface area (Å²) in [7, 11) is 0. The minimum atomic E-state index is -0.539. The molecule has 1 atom stereocenters. The predicted octanol–water partition coefficient (Wildman–Crippen LogP) is 2.01. The molecule has 1 aliphatic rings. The van der Waals surface area contributed by atoms with Crippen molar-refractivity contribution in [3.05, 3.63) is 51.8 Å². The van der Waals surface area contributed by atoms with E-state index < -0.39 is 5.76 Å². The minimum absolute atomic E-state index is 0.00473. The lowest BCUT2D eigenvalue weighted by Crippen LogP contribution is -2.39. The highest BCUT2D eigenvalue weighted by Crippen LogP contribution is 2.25. The zero-order valence-corrected chi connectivity index (χ0v) is 13.2. The number of nitrogens with zero attached hydrogens (tertiary/aromatic N) is 2. The minimum Gasteiger partial charge on any atom is -0.392 e. The Labute approximate surface area is 134 Å². The lowest BCUT2D eigenvalue weighted by atomic mass is 9.97. The number of aryl methyl sites for hydroxylation is 2. The summed E-state index contributed by atoms with van der Waals surface area (Å²) in [6, 6.07) is 8.15. The molecule has 6 nitrogen and oxygen atoms in total. The standard InChI is InChI=1S/C17H21N3O3/c1-12-5-2-3-6-13(12)8-9-15(21)20-10-4-7-14(11-20)16-18-19-17(22)23-16/h2-3,5-6,14H,4,7-11H2,1H3,(H,19,22). The SMILES string of the molecule is Cc1ccccc1CCC(=O)N1CCCC(c2n[nH]c(=O)o2)C1. The third-order valence-corrected chi connectivity index (χ3v) is 4.45. The Morgan fingerprint density at radius 1 is 1.43 bits per heavy atom. The summed E-state index contributed by atoms with van der Waals surface area (Å²) in [6.45, 7) is 3.40. The molecule has 2 heterocycles. The van der Waals surface area contributed by atoms with Gasteiger partial charge in [-0.3, -0.25) is 4.79 Å². The quantitative estimate of drug-likeness (QED) is 0.936. The van der Waals surface area contributed by atoms with E-state index >= 15 is 0 Å². The van der Waals surface area contributed by atoms with Gasteiger partial charge in [0.2, 0.25) is 11.8 Å². The Morgan fingerprint density at radius 3 is 3.00 bits per heavy atom. The molecule has 3 rings (SSSR count). The summed E-state index contributed by atoms with van der Waals surface area (Å²) in [5.74, 6) is 0.0235. The summed E-state index contributed by atoms with van der Waals surface area (Å²) in [6.07, 6.45) is 3.04. The van der Waals surface area contributed by atoms with Gasteiger partial charge in [0.1, 0.15) is 0 Å². The van der Waals surface area contributed by atoms with Gasteiger partial charge in [-0.2, -0.15) is 0 Å². The van der Waals surface area contributed by atoms with Crippen molar-refractivity contribution in [3.63, 3.8) is 0 Å². The van der Waals surface area contributed by atoms with Crippen LogP contribution in [0.25, 0.3) is 0 Å². The summed E-state index contributed by atoms with van der Waals surface area (Å²) in [5, 5.41) is 6.18. The fraction of sp³-hybridized carbons (Fsp3) is 0.471. The molecule has 122 valence electrons. The van der Waals surface area contributed by atoms with Crippen LogP contribution in [0.3, 0.4) is 0 Å². The number of benzene rings is 1. The molecule has 23 heavy (non-hydrogen) atoms. The second-order valence-corrected chi connectivity index (χ2v) is 6.06. The number of hydrogen-bond acceptors (Lipinski definition) is 4. The maximum absolute atomic E-state index is 12.5. The van der Waals surface area contributed by atoms with Gasteiger partial charge in [-0.25, -0.2) is 9.89 Å². The number of hydrogen-bond donors (Lipinski definition) is 1. The van der Waals surface area contributed by atoms with E-state index in [4.69, 9.17) is 4.42 Å². The average molecular weight is 315 g/mol. The summed E-state index contributed by atoms with van der Waals surface area (Å²) < 4.78 is 5.04. The first-order valence-corrected chi connectivity index (χ1v) is 8.01. The first-order chi connectivity index (χ1) is 11.1. The smallest absolute Gasteiger partial charge is 0.392 e. The molecule has 1 aromatic carbocycles. The molecule has 0 bridgehead atoms. The molecular weight excluding hydrogens is 294 g/mol. The monoisotopic (exact) mass is 315 g/mol. The van der Waals surface area contributed by atoms with Crippen molar-refractivity contribution in [1.82, 2.24) is 15.1 Å². The first-order valence-electron chi connectivity index (χ1n) is 8.01. The van der Waals surface area contributed by atoms with Crippen LogP contribution in [0.5, 0.6) is 0 Å². The summed E-state index contributed by atoms with van der Waals surface area (Å²) in [4.78, 5) is 25.4. The fourth-order valence-corrected chi connectivity index (χ4v) is 3.11. The molecule has 1 aromatic heterocycles. The van der Waals surface area contributed by atoms with Crippen LogP contribution in [-0.4, -0.2) is 34.1 Å². The van der Waals surface area contributed by atoms with E-state index in [0.29, 0.717) is 18.9 Å². The van der Waals surface area contributed by atoms with Gasteiger partial charge >= 0.3 is 5.76 Å². The van der Waals surface area contributed by atoms with E-state index in [1.807, 2.05) is 17.0 Å². The predicted molar refractivity (Wildman–Crippen MR) is 85.2 cm³/mol. The topological polar surface area (TPSA) is 79.2 Å². The lowest BCUT2D eigenvalue weighted by Gasteiger charge is -2.31. The molecule has 0 spiro atoms. The second kappa shape index (κ2) is 6.81. The molecule has 1 fully saturated rings. The van der Waals surface area contributed by atoms with Crippen LogP contribution in [-0.2, 0) is 11.2 Å². The Morgan fingerprint density at radius 2 is 2.26 bits per heavy atom. The Balaban J connectivity index is 1.59. The number of rotatable bonds is 4. The van der Waals surface area contributed by atoms with E-state index in [1.54, 1.807) is 0 Å². The zero-order chi connectivity index (χ0) is 16.2. The molecule has 2 aromatic rings. The van der Waals surface area contributed by atoms with Gasteiger partial charge < -0.3 is 9.32 Å². The number of aromatic nitrogens is 2. The number of piperidine rings is 1. The normalized spacial score (nSPS) is 18.1. The van der Waals surface area contributed by atoms with Crippen molar-refractivity contribution >= 4 is 5.91 Å². The molecular formula is C17H21N3O3. The molecule has 1 unspecified atom stereocenters. The molecule has 6 heteroatoms. The molecule has 0 aliphatic carbocycles. The van der Waals surface area contributed by atoms with Crippen molar-refractivity contribution in [2.24, 2.45) is 0 Å². The highest BCUT2D eigenvalue weighted by Gasteiger charge is 2.27. The van der Waals surface area contributed by atoms with Gasteiger partial charge in [0.15, 0.2) is 0 Å². The molecule has 1 aliphatic heterocycles. The first kappa shape index (κ1) is 15.5. The van der Waals surface area contributed by atoms with Gasteiger partial charge in [0.25, 0.3) is 0 Å². The van der Waals surface area contributed by atoms with Crippen molar-refractivity contribution in [3.8, 4) is 0 Å². The highest BCUT2D eigenvalue weighted by molar-refractivity contribution is 5.76. The van der Waals surface area contributed by atoms with Gasteiger partial charge in [-0.05, 0) is 37.3 Å². The van der Waals surface area contributed by atoms with Gasteiger partial charge in [0.05, 0.1) is 5.92 Å². The molecule has 0 radical (unpaired) electrons. The highest BCUT2D eigenvalue weighted by atomic mass is 16.4. The Kier molecular flexibility index (Phi) is 4.60. The number of carbonyl (C=O) groups excluding carboxylic acids is 1. The van der Waals surface area contributed by atoms with Gasteiger partial charge in [0, 0.05) is 19.5 Å². The van der Waals surface area contributed by atoms with E-state index in [9.17, 15) is 9.59 Å². The molecule has 1 saturated heterocycles. The maximum atomic E-state index is 12.5. The molecule has 0 saturated carbocycles. The van der Waals surface area contributed by atoms with Gasteiger partial charge in [-0.15, -0.1) is 5.10 Å². The number of H-pyrrole nitrogens is 1. The van der Waals surface area contributed by atoms with E-state index in [2.05, 4.69) is 29.3 Å². The molecule has 1 N–H and O–H groups in total. The second-order valence-electron chi connectivity index (χ2n) is 6.06. The number of carbonyl (C=O) groups is 1.